The zero-order chi connectivity index (χ0) is 10.6. The Balaban J connectivity index is 2.69. The lowest BCUT2D eigenvalue weighted by atomic mass is 9.81. The highest BCUT2D eigenvalue weighted by molar-refractivity contribution is 5.75. The number of carboxylic acids is 1. The second-order valence-electron chi connectivity index (χ2n) is 4.38. The number of hydrogen-bond donors (Lipinski definition) is 1. The summed E-state index contributed by atoms with van der Waals surface area (Å²) in [5.41, 5.74) is -0.451. The number of carboxylic acid groups (broad SMARTS) is 1. The van der Waals surface area contributed by atoms with Crippen LogP contribution in [0.4, 0.5) is 0 Å². The Hall–Kier alpha value is -0.790. The van der Waals surface area contributed by atoms with Crippen molar-refractivity contribution in [3.63, 3.8) is 0 Å². The zero-order valence-corrected chi connectivity index (χ0v) is 9.12. The van der Waals surface area contributed by atoms with E-state index in [1.54, 1.807) is 0 Å². The first-order chi connectivity index (χ1) is 6.64. The van der Waals surface area contributed by atoms with Crippen LogP contribution in [0, 0.1) is 11.3 Å². The SMILES string of the molecule is CC=CCC1(C(=O)O)CCC(CC)C1. The van der Waals surface area contributed by atoms with Crippen LogP contribution in [0.2, 0.25) is 0 Å². The Morgan fingerprint density at radius 1 is 1.64 bits per heavy atom. The molecule has 0 aromatic carbocycles. The van der Waals surface area contributed by atoms with Gasteiger partial charge in [0.25, 0.3) is 0 Å². The van der Waals surface area contributed by atoms with Crippen LogP contribution in [0.15, 0.2) is 12.2 Å². The molecule has 0 aromatic rings. The molecule has 0 aromatic heterocycles. The molecule has 2 unspecified atom stereocenters. The summed E-state index contributed by atoms with van der Waals surface area (Å²) in [5.74, 6) is 0.0166. The normalized spacial score (nSPS) is 32.6. The summed E-state index contributed by atoms with van der Waals surface area (Å²) in [6.07, 6.45) is 8.56. The van der Waals surface area contributed by atoms with Crippen molar-refractivity contribution in [1.82, 2.24) is 0 Å². The molecule has 1 aliphatic carbocycles. The first kappa shape index (κ1) is 11.3. The third-order valence-corrected chi connectivity index (χ3v) is 3.49. The maximum Gasteiger partial charge on any atom is 0.309 e. The lowest BCUT2D eigenvalue weighted by Gasteiger charge is -2.22. The van der Waals surface area contributed by atoms with Crippen molar-refractivity contribution >= 4 is 5.97 Å². The smallest absolute Gasteiger partial charge is 0.309 e. The number of carbonyl (C=O) groups is 1. The molecule has 0 aliphatic heterocycles. The molecule has 0 radical (unpaired) electrons. The molecule has 1 aliphatic rings. The molecule has 1 fully saturated rings. The molecular weight excluding hydrogens is 176 g/mol. The molecule has 2 nitrogen and oxygen atoms in total. The van der Waals surface area contributed by atoms with Gasteiger partial charge in [-0.2, -0.15) is 0 Å². The van der Waals surface area contributed by atoms with Crippen molar-refractivity contribution in [2.24, 2.45) is 11.3 Å². The average molecular weight is 196 g/mol. The number of hydrogen-bond acceptors (Lipinski definition) is 1. The van der Waals surface area contributed by atoms with E-state index in [-0.39, 0.29) is 0 Å². The quantitative estimate of drug-likeness (QED) is 0.701. The van der Waals surface area contributed by atoms with Crippen molar-refractivity contribution in [1.29, 1.82) is 0 Å². The van der Waals surface area contributed by atoms with Crippen LogP contribution < -0.4 is 0 Å². The summed E-state index contributed by atoms with van der Waals surface area (Å²) >= 11 is 0. The van der Waals surface area contributed by atoms with Gasteiger partial charge in [0, 0.05) is 0 Å². The molecule has 80 valence electrons. The van der Waals surface area contributed by atoms with Gasteiger partial charge in [0.1, 0.15) is 0 Å². The van der Waals surface area contributed by atoms with Gasteiger partial charge < -0.3 is 5.11 Å². The lowest BCUT2D eigenvalue weighted by Crippen LogP contribution is -2.27. The topological polar surface area (TPSA) is 37.3 Å². The average Bonchev–Trinajstić information content (AvgIpc) is 2.59. The minimum absolute atomic E-state index is 0.451. The summed E-state index contributed by atoms with van der Waals surface area (Å²) in [5, 5.41) is 9.27. The van der Waals surface area contributed by atoms with E-state index in [0.29, 0.717) is 12.3 Å². The van der Waals surface area contributed by atoms with Crippen LogP contribution in [0.5, 0.6) is 0 Å². The highest BCUT2D eigenvalue weighted by atomic mass is 16.4. The first-order valence-corrected chi connectivity index (χ1v) is 5.49. The van der Waals surface area contributed by atoms with Gasteiger partial charge in [-0.1, -0.05) is 25.5 Å². The predicted molar refractivity (Wildman–Crippen MR) is 57.1 cm³/mol. The van der Waals surface area contributed by atoms with Crippen molar-refractivity contribution in [2.75, 3.05) is 0 Å². The second-order valence-corrected chi connectivity index (χ2v) is 4.38. The van der Waals surface area contributed by atoms with E-state index < -0.39 is 11.4 Å². The van der Waals surface area contributed by atoms with Gasteiger partial charge >= 0.3 is 5.97 Å². The fraction of sp³-hybridized carbons (Fsp3) is 0.750. The van der Waals surface area contributed by atoms with Crippen molar-refractivity contribution in [3.05, 3.63) is 12.2 Å². The third-order valence-electron chi connectivity index (χ3n) is 3.49. The van der Waals surface area contributed by atoms with Gasteiger partial charge in [0.15, 0.2) is 0 Å². The van der Waals surface area contributed by atoms with Gasteiger partial charge in [-0.3, -0.25) is 4.79 Å². The first-order valence-electron chi connectivity index (χ1n) is 5.49. The second kappa shape index (κ2) is 4.63. The molecule has 2 atom stereocenters. The van der Waals surface area contributed by atoms with Crippen LogP contribution in [-0.4, -0.2) is 11.1 Å². The Bertz CT molecular complexity index is 232. The molecule has 0 bridgehead atoms. The fourth-order valence-corrected chi connectivity index (χ4v) is 2.40. The largest absolute Gasteiger partial charge is 0.481 e. The number of allylic oxidation sites excluding steroid dienone is 2. The third kappa shape index (κ3) is 2.17. The standard InChI is InChI=1S/C12H20O2/c1-3-5-7-12(11(13)14)8-6-10(4-2)9-12/h3,5,10H,4,6-9H2,1-2H3,(H,13,14). The maximum atomic E-state index is 11.3. The van der Waals surface area contributed by atoms with Crippen molar-refractivity contribution < 1.29 is 9.90 Å². The summed E-state index contributed by atoms with van der Waals surface area (Å²) in [6.45, 7) is 4.10. The molecule has 0 heterocycles. The maximum absolute atomic E-state index is 11.3. The molecule has 1 saturated carbocycles. The van der Waals surface area contributed by atoms with Crippen LogP contribution in [0.3, 0.4) is 0 Å². The summed E-state index contributed by atoms with van der Waals surface area (Å²) in [4.78, 5) is 11.3. The Morgan fingerprint density at radius 3 is 2.79 bits per heavy atom. The van der Waals surface area contributed by atoms with Crippen molar-refractivity contribution in [2.45, 2.75) is 46.0 Å². The fourth-order valence-electron chi connectivity index (χ4n) is 2.40. The van der Waals surface area contributed by atoms with E-state index in [0.717, 1.165) is 25.7 Å². The molecule has 1 rings (SSSR count). The van der Waals surface area contributed by atoms with Gasteiger partial charge in [0.05, 0.1) is 5.41 Å². The minimum Gasteiger partial charge on any atom is -0.481 e. The molecule has 0 saturated heterocycles. The van der Waals surface area contributed by atoms with Gasteiger partial charge in [-0.05, 0) is 38.5 Å². The molecule has 0 amide bonds. The lowest BCUT2D eigenvalue weighted by molar-refractivity contribution is -0.148. The number of rotatable bonds is 4. The van der Waals surface area contributed by atoms with E-state index in [9.17, 15) is 9.90 Å². The van der Waals surface area contributed by atoms with Gasteiger partial charge in [-0.15, -0.1) is 0 Å². The summed E-state index contributed by atoms with van der Waals surface area (Å²) < 4.78 is 0. The summed E-state index contributed by atoms with van der Waals surface area (Å²) in [7, 11) is 0. The van der Waals surface area contributed by atoms with Crippen LogP contribution in [-0.2, 0) is 4.79 Å². The van der Waals surface area contributed by atoms with Crippen LogP contribution in [0.25, 0.3) is 0 Å². The van der Waals surface area contributed by atoms with E-state index in [4.69, 9.17) is 0 Å². The van der Waals surface area contributed by atoms with E-state index in [1.165, 1.54) is 0 Å². The van der Waals surface area contributed by atoms with Gasteiger partial charge in [-0.25, -0.2) is 0 Å². The van der Waals surface area contributed by atoms with Crippen molar-refractivity contribution in [3.8, 4) is 0 Å². The highest BCUT2D eigenvalue weighted by Crippen LogP contribution is 2.46. The molecular formula is C12H20O2. The monoisotopic (exact) mass is 196 g/mol. The van der Waals surface area contributed by atoms with E-state index in [1.807, 2.05) is 19.1 Å². The Kier molecular flexibility index (Phi) is 3.73. The van der Waals surface area contributed by atoms with Gasteiger partial charge in [0.2, 0.25) is 0 Å². The Labute approximate surface area is 86.0 Å². The molecule has 1 N–H and O–H groups in total. The minimum atomic E-state index is -0.605. The molecule has 0 spiro atoms. The van der Waals surface area contributed by atoms with Crippen LogP contribution >= 0.6 is 0 Å². The summed E-state index contributed by atoms with van der Waals surface area (Å²) in [6, 6.07) is 0. The molecule has 14 heavy (non-hydrogen) atoms. The van der Waals surface area contributed by atoms with Crippen LogP contribution in [0.1, 0.15) is 46.0 Å². The highest BCUT2D eigenvalue weighted by Gasteiger charge is 2.43. The Morgan fingerprint density at radius 2 is 2.36 bits per heavy atom. The zero-order valence-electron chi connectivity index (χ0n) is 9.12. The number of aliphatic carboxylic acids is 1. The van der Waals surface area contributed by atoms with E-state index >= 15 is 0 Å². The predicted octanol–water partition coefficient (Wildman–Crippen LogP) is 3.23. The molecule has 2 heteroatoms. The van der Waals surface area contributed by atoms with E-state index in [2.05, 4.69) is 6.92 Å².